The molecule has 0 radical (unpaired) electrons. The van der Waals surface area contributed by atoms with Gasteiger partial charge in [0, 0.05) is 56.0 Å². The van der Waals surface area contributed by atoms with Crippen molar-refractivity contribution in [1.29, 1.82) is 0 Å². The quantitative estimate of drug-likeness (QED) is 0.648. The molecule has 0 aliphatic rings. The van der Waals surface area contributed by atoms with Crippen LogP contribution in [0.25, 0.3) is 0 Å². The Bertz CT molecular complexity index is 21.7. The van der Waals surface area contributed by atoms with E-state index in [1.54, 1.807) is 14.2 Å². The summed E-state index contributed by atoms with van der Waals surface area (Å²) in [6.45, 7) is 1.38. The molecule has 0 amide bonds. The summed E-state index contributed by atoms with van der Waals surface area (Å²) in [6.07, 6.45) is 0. The zero-order valence-corrected chi connectivity index (χ0v) is 7.87. The van der Waals surface area contributed by atoms with Gasteiger partial charge >= 0.3 is 0 Å². The van der Waals surface area contributed by atoms with Gasteiger partial charge in [-0.3, -0.25) is 0 Å². The van der Waals surface area contributed by atoms with Gasteiger partial charge in [-0.05, 0) is 0 Å². The maximum Gasteiger partial charge on any atom is 0.0696 e. The molecule has 0 rings (SSSR count). The Morgan fingerprint density at radius 1 is 1.00 bits per heavy atom. The van der Waals surface area contributed by atoms with Gasteiger partial charge in [-0.2, -0.15) is 0 Å². The van der Waals surface area contributed by atoms with Crippen LogP contribution in [0.15, 0.2) is 0 Å². The smallest absolute Gasteiger partial charge is 0.0696 e. The molecule has 0 N–H and O–H groups in total. The molecule has 7 heavy (non-hydrogen) atoms. The fourth-order valence-electron chi connectivity index (χ4n) is 0.167. The average molecular weight is 230 g/mol. The summed E-state index contributed by atoms with van der Waals surface area (Å²) in [7, 11) is 3.30. The van der Waals surface area contributed by atoms with Crippen molar-refractivity contribution >= 4 is 0 Å². The third-order valence-electron chi connectivity index (χ3n) is 0.492. The molecule has 0 saturated carbocycles. The first kappa shape index (κ1) is 11.1. The Kier molecular flexibility index (Phi) is 16.4. The van der Waals surface area contributed by atoms with Crippen molar-refractivity contribution in [1.82, 2.24) is 0 Å². The van der Waals surface area contributed by atoms with E-state index in [1.165, 1.54) is 0 Å². The van der Waals surface area contributed by atoms with Crippen molar-refractivity contribution in [3.63, 3.8) is 0 Å². The Balaban J connectivity index is 0. The van der Waals surface area contributed by atoms with Crippen LogP contribution in [0.4, 0.5) is 0 Å². The molecule has 0 bridgehead atoms. The number of ether oxygens (including phenoxy) is 2. The second-order valence-corrected chi connectivity index (χ2v) is 0.986. The molecule has 2 nitrogen and oxygen atoms in total. The van der Waals surface area contributed by atoms with Crippen molar-refractivity contribution < 1.29 is 51.2 Å². The van der Waals surface area contributed by atoms with E-state index in [4.69, 9.17) is 0 Å². The normalized spacial score (nSPS) is 7.71. The predicted octanol–water partition coefficient (Wildman–Crippen LogP) is 0.279. The van der Waals surface area contributed by atoms with Crippen LogP contribution in [-0.4, -0.2) is 27.4 Å². The Hall–Kier alpha value is 1.30. The van der Waals surface area contributed by atoms with Gasteiger partial charge in [-0.15, -0.1) is 0 Å². The number of methoxy groups -OCH3 is 2. The standard InChI is InChI=1S/C4H10O2.Ce/c1-5-3-4-6-2;/h3-4H2,1-2H3;. The molecular weight excluding hydrogens is 220 g/mol. The van der Waals surface area contributed by atoms with Crippen molar-refractivity contribution in [2.24, 2.45) is 0 Å². The van der Waals surface area contributed by atoms with Gasteiger partial charge in [0.25, 0.3) is 0 Å². The van der Waals surface area contributed by atoms with E-state index in [2.05, 4.69) is 9.47 Å². The van der Waals surface area contributed by atoms with Crippen molar-refractivity contribution in [3.8, 4) is 0 Å². The molecule has 0 aliphatic carbocycles. The van der Waals surface area contributed by atoms with Gasteiger partial charge in [-0.25, -0.2) is 0 Å². The molecular formula is C4H10CeO2. The first-order valence-corrected chi connectivity index (χ1v) is 1.89. The Morgan fingerprint density at radius 3 is 1.43 bits per heavy atom. The number of hydrogen-bond acceptors (Lipinski definition) is 2. The Morgan fingerprint density at radius 2 is 1.29 bits per heavy atom. The van der Waals surface area contributed by atoms with Gasteiger partial charge in [-0.1, -0.05) is 0 Å². The number of rotatable bonds is 3. The fraction of sp³-hybridized carbons (Fsp3) is 1.00. The first-order chi connectivity index (χ1) is 2.91. The maximum absolute atomic E-state index is 4.66. The predicted molar refractivity (Wildman–Crippen MR) is 23.8 cm³/mol. The third kappa shape index (κ3) is 11.1. The summed E-state index contributed by atoms with van der Waals surface area (Å²) in [5.74, 6) is 0. The average Bonchev–Trinajstić information content (AvgIpc) is 1.61. The zero-order valence-electron chi connectivity index (χ0n) is 4.73. The van der Waals surface area contributed by atoms with Crippen LogP contribution in [0.5, 0.6) is 0 Å². The summed E-state index contributed by atoms with van der Waals surface area (Å²) in [6, 6.07) is 0. The van der Waals surface area contributed by atoms with Crippen LogP contribution in [0.3, 0.4) is 0 Å². The van der Waals surface area contributed by atoms with Crippen LogP contribution in [0.2, 0.25) is 0 Å². The molecule has 0 aromatic heterocycles. The number of hydrogen-bond donors (Lipinski definition) is 0. The van der Waals surface area contributed by atoms with Gasteiger partial charge in [0.15, 0.2) is 0 Å². The molecule has 0 fully saturated rings. The second kappa shape index (κ2) is 10.3. The molecule has 3 heteroatoms. The molecule has 0 atom stereocenters. The van der Waals surface area contributed by atoms with Crippen molar-refractivity contribution in [2.45, 2.75) is 0 Å². The van der Waals surface area contributed by atoms with Crippen LogP contribution in [-0.2, 0) is 9.47 Å². The summed E-state index contributed by atoms with van der Waals surface area (Å²) in [5.41, 5.74) is 0. The molecule has 0 aromatic rings. The molecule has 0 saturated heterocycles. The van der Waals surface area contributed by atoms with E-state index in [9.17, 15) is 0 Å². The molecule has 0 unspecified atom stereocenters. The monoisotopic (exact) mass is 230 g/mol. The molecule has 0 spiro atoms. The third-order valence-corrected chi connectivity index (χ3v) is 0.492. The van der Waals surface area contributed by atoms with Crippen molar-refractivity contribution in [3.05, 3.63) is 0 Å². The van der Waals surface area contributed by atoms with Gasteiger partial charge < -0.3 is 9.47 Å². The van der Waals surface area contributed by atoms with Crippen molar-refractivity contribution in [2.75, 3.05) is 27.4 Å². The first-order valence-electron chi connectivity index (χ1n) is 1.89. The van der Waals surface area contributed by atoms with Crippen LogP contribution < -0.4 is 0 Å². The minimum Gasteiger partial charge on any atom is -0.382 e. The minimum absolute atomic E-state index is 0. The van der Waals surface area contributed by atoms with E-state index in [0.717, 1.165) is 0 Å². The summed E-state index contributed by atoms with van der Waals surface area (Å²) >= 11 is 0. The fourth-order valence-corrected chi connectivity index (χ4v) is 0.167. The Labute approximate surface area is 77.9 Å². The SMILES string of the molecule is COCCOC.[Ce]. The molecule has 42 valence electrons. The van der Waals surface area contributed by atoms with E-state index in [1.807, 2.05) is 0 Å². The maximum atomic E-state index is 4.66. The van der Waals surface area contributed by atoms with E-state index < -0.39 is 0 Å². The molecule has 0 aliphatic heterocycles. The zero-order chi connectivity index (χ0) is 4.83. The minimum atomic E-state index is 0. The largest absolute Gasteiger partial charge is 0.382 e. The topological polar surface area (TPSA) is 18.5 Å². The summed E-state index contributed by atoms with van der Waals surface area (Å²) < 4.78 is 9.31. The summed E-state index contributed by atoms with van der Waals surface area (Å²) in [5, 5.41) is 0. The van der Waals surface area contributed by atoms with E-state index in [0.29, 0.717) is 13.2 Å². The van der Waals surface area contributed by atoms with Gasteiger partial charge in [0.05, 0.1) is 13.2 Å². The molecule has 0 heterocycles. The van der Waals surface area contributed by atoms with Crippen LogP contribution in [0, 0.1) is 41.7 Å². The van der Waals surface area contributed by atoms with Gasteiger partial charge in [0.2, 0.25) is 0 Å². The second-order valence-electron chi connectivity index (χ2n) is 0.986. The van der Waals surface area contributed by atoms with Crippen LogP contribution in [0.1, 0.15) is 0 Å². The molecule has 0 aromatic carbocycles. The summed E-state index contributed by atoms with van der Waals surface area (Å²) in [4.78, 5) is 0. The van der Waals surface area contributed by atoms with Gasteiger partial charge in [0.1, 0.15) is 0 Å². The van der Waals surface area contributed by atoms with E-state index in [-0.39, 0.29) is 41.7 Å². The van der Waals surface area contributed by atoms with Crippen LogP contribution >= 0.6 is 0 Å². The van der Waals surface area contributed by atoms with E-state index >= 15 is 0 Å².